The topological polar surface area (TPSA) is 57.8 Å². The molecular formula is C9H12IN3O. The first kappa shape index (κ1) is 9.95. The summed E-state index contributed by atoms with van der Waals surface area (Å²) >= 11 is 2.01. The molecule has 0 aliphatic heterocycles. The number of rotatable bonds is 4. The molecule has 5 heteroatoms. The SMILES string of the molecule is O=c1[nH]cnc(NCCC2CC2)c1I. The lowest BCUT2D eigenvalue weighted by Crippen LogP contribution is -2.15. The molecule has 0 saturated heterocycles. The fraction of sp³-hybridized carbons (Fsp3) is 0.556. The molecule has 1 aliphatic carbocycles. The van der Waals surface area contributed by atoms with Crippen LogP contribution >= 0.6 is 22.6 Å². The predicted octanol–water partition coefficient (Wildman–Crippen LogP) is 1.59. The van der Waals surface area contributed by atoms with Crippen molar-refractivity contribution >= 4 is 28.4 Å². The van der Waals surface area contributed by atoms with Crippen LogP contribution in [-0.4, -0.2) is 16.5 Å². The number of H-pyrrole nitrogens is 1. The third kappa shape index (κ3) is 2.46. The van der Waals surface area contributed by atoms with Crippen LogP contribution < -0.4 is 10.9 Å². The van der Waals surface area contributed by atoms with Gasteiger partial charge in [0.1, 0.15) is 9.39 Å². The average molecular weight is 305 g/mol. The number of anilines is 1. The van der Waals surface area contributed by atoms with Gasteiger partial charge in [-0.05, 0) is 34.9 Å². The normalized spacial score (nSPS) is 15.5. The summed E-state index contributed by atoms with van der Waals surface area (Å²) in [7, 11) is 0. The largest absolute Gasteiger partial charge is 0.369 e. The molecule has 4 nitrogen and oxygen atoms in total. The summed E-state index contributed by atoms with van der Waals surface area (Å²) < 4.78 is 0.640. The highest BCUT2D eigenvalue weighted by Crippen LogP contribution is 2.32. The van der Waals surface area contributed by atoms with Crippen LogP contribution in [0.1, 0.15) is 19.3 Å². The summed E-state index contributed by atoms with van der Waals surface area (Å²) in [5, 5.41) is 3.19. The Balaban J connectivity index is 1.93. The van der Waals surface area contributed by atoms with Gasteiger partial charge in [-0.3, -0.25) is 4.79 Å². The van der Waals surface area contributed by atoms with Crippen molar-refractivity contribution in [1.82, 2.24) is 9.97 Å². The van der Waals surface area contributed by atoms with Gasteiger partial charge in [-0.15, -0.1) is 0 Å². The standard InChI is InChI=1S/C9H12IN3O/c10-7-8(12-5-13-9(7)14)11-4-3-6-1-2-6/h5-6H,1-4H2,(H2,11,12,13,14). The van der Waals surface area contributed by atoms with Crippen LogP contribution in [-0.2, 0) is 0 Å². The first-order chi connectivity index (χ1) is 6.77. The number of nitrogens with one attached hydrogen (secondary N) is 2. The lowest BCUT2D eigenvalue weighted by molar-refractivity contribution is 0.757. The van der Waals surface area contributed by atoms with Crippen molar-refractivity contribution in [3.05, 3.63) is 20.3 Å². The maximum Gasteiger partial charge on any atom is 0.266 e. The molecule has 2 rings (SSSR count). The molecule has 0 aromatic carbocycles. The van der Waals surface area contributed by atoms with E-state index in [4.69, 9.17) is 0 Å². The fourth-order valence-electron chi connectivity index (χ4n) is 1.31. The van der Waals surface area contributed by atoms with Gasteiger partial charge in [-0.2, -0.15) is 0 Å². The van der Waals surface area contributed by atoms with Gasteiger partial charge >= 0.3 is 0 Å². The number of aromatic amines is 1. The predicted molar refractivity (Wildman–Crippen MR) is 63.4 cm³/mol. The van der Waals surface area contributed by atoms with Crippen LogP contribution in [0.3, 0.4) is 0 Å². The number of halogens is 1. The fourth-order valence-corrected chi connectivity index (χ4v) is 1.79. The highest BCUT2D eigenvalue weighted by atomic mass is 127. The Morgan fingerprint density at radius 3 is 3.14 bits per heavy atom. The molecule has 1 heterocycles. The summed E-state index contributed by atoms with van der Waals surface area (Å²) in [5.41, 5.74) is -0.0745. The van der Waals surface area contributed by atoms with E-state index >= 15 is 0 Å². The van der Waals surface area contributed by atoms with Gasteiger partial charge in [-0.25, -0.2) is 4.98 Å². The second kappa shape index (κ2) is 4.29. The van der Waals surface area contributed by atoms with Crippen LogP contribution in [0.4, 0.5) is 5.82 Å². The average Bonchev–Trinajstić information content (AvgIpc) is 2.96. The summed E-state index contributed by atoms with van der Waals surface area (Å²) in [6.45, 7) is 0.914. The summed E-state index contributed by atoms with van der Waals surface area (Å²) in [6.07, 6.45) is 5.34. The van der Waals surface area contributed by atoms with Gasteiger partial charge in [0.25, 0.3) is 5.56 Å². The minimum atomic E-state index is -0.0745. The van der Waals surface area contributed by atoms with Gasteiger partial charge < -0.3 is 10.3 Å². The lowest BCUT2D eigenvalue weighted by Gasteiger charge is -2.05. The van der Waals surface area contributed by atoms with E-state index in [1.54, 1.807) is 0 Å². The van der Waals surface area contributed by atoms with E-state index in [9.17, 15) is 4.79 Å². The quantitative estimate of drug-likeness (QED) is 0.831. The minimum Gasteiger partial charge on any atom is -0.369 e. The number of hydrogen-bond acceptors (Lipinski definition) is 3. The zero-order valence-electron chi connectivity index (χ0n) is 7.72. The van der Waals surface area contributed by atoms with Crippen LogP contribution in [0.15, 0.2) is 11.1 Å². The Labute approximate surface area is 95.7 Å². The van der Waals surface area contributed by atoms with Crippen molar-refractivity contribution in [1.29, 1.82) is 0 Å². The Bertz CT molecular complexity index is 373. The smallest absolute Gasteiger partial charge is 0.266 e. The van der Waals surface area contributed by atoms with Gasteiger partial charge in [0.15, 0.2) is 0 Å². The van der Waals surface area contributed by atoms with Crippen LogP contribution in [0, 0.1) is 9.49 Å². The molecule has 0 spiro atoms. The first-order valence-corrected chi connectivity index (χ1v) is 5.82. The Kier molecular flexibility index (Phi) is 3.05. The highest BCUT2D eigenvalue weighted by molar-refractivity contribution is 14.1. The van der Waals surface area contributed by atoms with Crippen molar-refractivity contribution in [2.24, 2.45) is 5.92 Å². The third-order valence-corrected chi connectivity index (χ3v) is 3.34. The van der Waals surface area contributed by atoms with E-state index in [2.05, 4.69) is 15.3 Å². The molecule has 2 N–H and O–H groups in total. The van der Waals surface area contributed by atoms with E-state index in [1.165, 1.54) is 25.6 Å². The molecule has 0 radical (unpaired) electrons. The van der Waals surface area contributed by atoms with Gasteiger partial charge in [0.2, 0.25) is 0 Å². The molecule has 0 unspecified atom stereocenters. The van der Waals surface area contributed by atoms with Gasteiger partial charge in [-0.1, -0.05) is 12.8 Å². The summed E-state index contributed by atoms with van der Waals surface area (Å²) in [6, 6.07) is 0. The maximum atomic E-state index is 11.2. The molecule has 1 fully saturated rings. The van der Waals surface area contributed by atoms with Crippen LogP contribution in [0.25, 0.3) is 0 Å². The Morgan fingerprint density at radius 2 is 2.43 bits per heavy atom. The van der Waals surface area contributed by atoms with E-state index in [-0.39, 0.29) is 5.56 Å². The monoisotopic (exact) mass is 305 g/mol. The Morgan fingerprint density at radius 1 is 1.64 bits per heavy atom. The van der Waals surface area contributed by atoms with Crippen molar-refractivity contribution < 1.29 is 0 Å². The maximum absolute atomic E-state index is 11.2. The van der Waals surface area contributed by atoms with Crippen molar-refractivity contribution in [2.45, 2.75) is 19.3 Å². The minimum absolute atomic E-state index is 0.0745. The first-order valence-electron chi connectivity index (χ1n) is 4.74. The van der Waals surface area contributed by atoms with Gasteiger partial charge in [0.05, 0.1) is 6.33 Å². The number of aromatic nitrogens is 2. The number of hydrogen-bond donors (Lipinski definition) is 2. The second-order valence-corrected chi connectivity index (χ2v) is 4.63. The van der Waals surface area contributed by atoms with Crippen molar-refractivity contribution in [3.8, 4) is 0 Å². The highest BCUT2D eigenvalue weighted by Gasteiger charge is 2.20. The van der Waals surface area contributed by atoms with Crippen LogP contribution in [0.5, 0.6) is 0 Å². The van der Waals surface area contributed by atoms with E-state index in [1.807, 2.05) is 22.6 Å². The van der Waals surface area contributed by atoms with Crippen molar-refractivity contribution in [2.75, 3.05) is 11.9 Å². The molecule has 14 heavy (non-hydrogen) atoms. The second-order valence-electron chi connectivity index (χ2n) is 3.55. The number of nitrogens with zero attached hydrogens (tertiary/aromatic N) is 1. The molecule has 76 valence electrons. The zero-order valence-corrected chi connectivity index (χ0v) is 9.87. The molecule has 1 aliphatic rings. The summed E-state index contributed by atoms with van der Waals surface area (Å²) in [4.78, 5) is 17.8. The third-order valence-electron chi connectivity index (χ3n) is 2.34. The molecule has 0 amide bonds. The Hall–Kier alpha value is -0.590. The van der Waals surface area contributed by atoms with E-state index in [0.29, 0.717) is 9.39 Å². The zero-order chi connectivity index (χ0) is 9.97. The van der Waals surface area contributed by atoms with E-state index < -0.39 is 0 Å². The van der Waals surface area contributed by atoms with Crippen LogP contribution in [0.2, 0.25) is 0 Å². The summed E-state index contributed by atoms with van der Waals surface area (Å²) in [5.74, 6) is 1.61. The lowest BCUT2D eigenvalue weighted by atomic mass is 10.3. The molecule has 1 aromatic rings. The molecule has 1 saturated carbocycles. The van der Waals surface area contributed by atoms with E-state index in [0.717, 1.165) is 12.5 Å². The molecule has 1 aromatic heterocycles. The molecule has 0 atom stereocenters. The van der Waals surface area contributed by atoms with Gasteiger partial charge in [0, 0.05) is 6.54 Å². The molecular weight excluding hydrogens is 293 g/mol. The molecule has 0 bridgehead atoms. The van der Waals surface area contributed by atoms with Crippen molar-refractivity contribution in [3.63, 3.8) is 0 Å².